The molecule has 0 saturated carbocycles. The van der Waals surface area contributed by atoms with Crippen molar-refractivity contribution in [1.82, 2.24) is 9.80 Å². The van der Waals surface area contributed by atoms with Crippen molar-refractivity contribution >= 4 is 40.3 Å². The molecule has 0 aromatic heterocycles. The Morgan fingerprint density at radius 3 is 2.28 bits per heavy atom. The number of aliphatic imine (C=N–C) groups is 1. The van der Waals surface area contributed by atoms with E-state index >= 15 is 0 Å². The van der Waals surface area contributed by atoms with Gasteiger partial charge in [0.15, 0.2) is 5.17 Å². The van der Waals surface area contributed by atoms with E-state index in [-0.39, 0.29) is 17.7 Å². The van der Waals surface area contributed by atoms with Gasteiger partial charge in [0, 0.05) is 23.5 Å². The average Bonchev–Trinajstić information content (AvgIpc) is 3.29. The molecule has 0 bridgehead atoms. The van der Waals surface area contributed by atoms with Crippen molar-refractivity contribution < 1.29 is 8.78 Å². The van der Waals surface area contributed by atoms with Crippen LogP contribution < -0.4 is 0 Å². The number of benzene rings is 3. The average molecular weight is 518 g/mol. The molecule has 3 aliphatic heterocycles. The third-order valence-electron chi connectivity index (χ3n) is 6.56. The number of halogens is 3. The lowest BCUT2D eigenvalue weighted by molar-refractivity contribution is 0.344. The Labute approximate surface area is 218 Å². The Hall–Kier alpha value is -3.19. The van der Waals surface area contributed by atoms with Crippen LogP contribution in [0.2, 0.25) is 5.02 Å². The molecule has 0 aliphatic carbocycles. The second-order valence-corrected chi connectivity index (χ2v) is 10.4. The van der Waals surface area contributed by atoms with Gasteiger partial charge in [0.1, 0.15) is 11.6 Å². The highest BCUT2D eigenvalue weighted by Crippen LogP contribution is 2.49. The van der Waals surface area contributed by atoms with E-state index in [1.807, 2.05) is 36.4 Å². The van der Waals surface area contributed by atoms with Gasteiger partial charge in [0.2, 0.25) is 0 Å². The first-order valence-electron chi connectivity index (χ1n) is 11.6. The van der Waals surface area contributed by atoms with Crippen LogP contribution in [0.25, 0.3) is 11.8 Å². The largest absolute Gasteiger partial charge is 0.308 e. The van der Waals surface area contributed by atoms with Crippen molar-refractivity contribution in [2.24, 2.45) is 4.99 Å². The molecule has 0 saturated heterocycles. The lowest BCUT2D eigenvalue weighted by Gasteiger charge is -2.42. The summed E-state index contributed by atoms with van der Waals surface area (Å²) in [4.78, 5) is 9.64. The molecule has 3 nitrogen and oxygen atoms in total. The zero-order chi connectivity index (χ0) is 24.8. The van der Waals surface area contributed by atoms with Crippen LogP contribution in [0.5, 0.6) is 0 Å². The molecule has 1 unspecified atom stereocenters. The Kier molecular flexibility index (Phi) is 6.04. The van der Waals surface area contributed by atoms with Crippen molar-refractivity contribution in [3.05, 3.63) is 128 Å². The molecule has 3 aromatic carbocycles. The standard InChI is InChI=1S/C29H22ClF2N3S/c1-34-15-21(14-18-2-10-23(31)11-3-18)27-25(16-34)28(20-6-12-24(32)13-7-20)35-26(17-36-29(35)33-27)19-4-8-22(30)9-5-19/h2-14,17,28H,15-16H2,1H3/b21-14+. The molecule has 1 atom stereocenters. The van der Waals surface area contributed by atoms with Gasteiger partial charge in [-0.2, -0.15) is 0 Å². The number of thioether (sulfide) groups is 1. The fourth-order valence-electron chi connectivity index (χ4n) is 4.96. The number of hydrogen-bond donors (Lipinski definition) is 0. The summed E-state index contributed by atoms with van der Waals surface area (Å²) in [7, 11) is 2.08. The molecule has 180 valence electrons. The maximum atomic E-state index is 13.9. The number of likely N-dealkylation sites (N-methyl/N-ethyl adjacent to an activating group) is 1. The van der Waals surface area contributed by atoms with Crippen LogP contribution in [0.1, 0.15) is 22.7 Å². The van der Waals surface area contributed by atoms with E-state index in [9.17, 15) is 8.78 Å². The minimum absolute atomic E-state index is 0.149. The highest BCUT2D eigenvalue weighted by Gasteiger charge is 2.41. The second kappa shape index (κ2) is 9.36. The van der Waals surface area contributed by atoms with Crippen LogP contribution in [-0.2, 0) is 0 Å². The first-order chi connectivity index (χ1) is 17.5. The van der Waals surface area contributed by atoms with Gasteiger partial charge in [0.05, 0.1) is 17.4 Å². The fourth-order valence-corrected chi connectivity index (χ4v) is 6.01. The van der Waals surface area contributed by atoms with Crippen LogP contribution in [-0.4, -0.2) is 35.1 Å². The van der Waals surface area contributed by atoms with E-state index in [2.05, 4.69) is 28.3 Å². The smallest absolute Gasteiger partial charge is 0.174 e. The lowest BCUT2D eigenvalue weighted by Crippen LogP contribution is -2.40. The van der Waals surface area contributed by atoms with Gasteiger partial charge in [-0.3, -0.25) is 4.90 Å². The van der Waals surface area contributed by atoms with Crippen LogP contribution in [0.3, 0.4) is 0 Å². The van der Waals surface area contributed by atoms with E-state index in [4.69, 9.17) is 16.6 Å². The maximum absolute atomic E-state index is 13.9. The predicted molar refractivity (Wildman–Crippen MR) is 144 cm³/mol. The molecule has 3 heterocycles. The van der Waals surface area contributed by atoms with Crippen LogP contribution in [0.15, 0.2) is 100 Å². The van der Waals surface area contributed by atoms with Gasteiger partial charge in [-0.1, -0.05) is 59.8 Å². The molecule has 0 N–H and O–H groups in total. The van der Waals surface area contributed by atoms with Crippen molar-refractivity contribution in [2.45, 2.75) is 6.04 Å². The third kappa shape index (κ3) is 4.30. The number of hydrogen-bond acceptors (Lipinski definition) is 4. The minimum atomic E-state index is -0.264. The summed E-state index contributed by atoms with van der Waals surface area (Å²) >= 11 is 7.74. The molecule has 0 fully saturated rings. The topological polar surface area (TPSA) is 18.8 Å². The first kappa shape index (κ1) is 23.2. The van der Waals surface area contributed by atoms with Crippen molar-refractivity contribution in [1.29, 1.82) is 0 Å². The first-order valence-corrected chi connectivity index (χ1v) is 12.9. The third-order valence-corrected chi connectivity index (χ3v) is 7.65. The molecule has 36 heavy (non-hydrogen) atoms. The van der Waals surface area contributed by atoms with E-state index in [0.717, 1.165) is 57.5 Å². The van der Waals surface area contributed by atoms with Crippen LogP contribution >= 0.6 is 23.4 Å². The number of fused-ring (bicyclic) bond motifs is 1. The fraction of sp³-hybridized carbons (Fsp3) is 0.138. The summed E-state index contributed by atoms with van der Waals surface area (Å²) in [6.07, 6.45) is 2.08. The normalized spacial score (nSPS) is 20.8. The highest BCUT2D eigenvalue weighted by molar-refractivity contribution is 8.16. The highest BCUT2D eigenvalue weighted by atomic mass is 35.5. The molecule has 6 rings (SSSR count). The van der Waals surface area contributed by atoms with Crippen LogP contribution in [0, 0.1) is 11.6 Å². The molecule has 3 aliphatic rings. The zero-order valence-electron chi connectivity index (χ0n) is 19.5. The SMILES string of the molecule is CN1CC2=C(N=C3SC=C(c4ccc(Cl)cc4)N3C2c2ccc(F)cc2)/C(=C/c2ccc(F)cc2)C1. The second-order valence-electron chi connectivity index (χ2n) is 9.11. The van der Waals surface area contributed by atoms with E-state index < -0.39 is 0 Å². The zero-order valence-corrected chi connectivity index (χ0v) is 21.0. The summed E-state index contributed by atoms with van der Waals surface area (Å²) in [6, 6.07) is 20.9. The Bertz CT molecular complexity index is 1440. The van der Waals surface area contributed by atoms with Gasteiger partial charge in [-0.15, -0.1) is 0 Å². The predicted octanol–water partition coefficient (Wildman–Crippen LogP) is 7.36. The molecular weight excluding hydrogens is 496 g/mol. The molecule has 3 aromatic rings. The molecular formula is C29H22ClF2N3S. The molecule has 0 amide bonds. The van der Waals surface area contributed by atoms with E-state index in [0.29, 0.717) is 5.02 Å². The quantitative estimate of drug-likeness (QED) is 0.361. The Balaban J connectivity index is 1.50. The molecule has 0 radical (unpaired) electrons. The summed E-state index contributed by atoms with van der Waals surface area (Å²) in [5, 5.41) is 3.68. The summed E-state index contributed by atoms with van der Waals surface area (Å²) < 4.78 is 27.4. The van der Waals surface area contributed by atoms with Crippen molar-refractivity contribution in [2.75, 3.05) is 20.1 Å². The van der Waals surface area contributed by atoms with Gasteiger partial charge in [-0.05, 0) is 77.4 Å². The number of rotatable bonds is 3. The Morgan fingerprint density at radius 2 is 1.58 bits per heavy atom. The summed E-state index contributed by atoms with van der Waals surface area (Å²) in [6.45, 7) is 1.45. The number of nitrogens with zero attached hydrogens (tertiary/aromatic N) is 3. The summed E-state index contributed by atoms with van der Waals surface area (Å²) in [5.41, 5.74) is 7.17. The van der Waals surface area contributed by atoms with Gasteiger partial charge >= 0.3 is 0 Å². The van der Waals surface area contributed by atoms with Gasteiger partial charge in [0.25, 0.3) is 0 Å². The molecule has 0 spiro atoms. The van der Waals surface area contributed by atoms with Crippen molar-refractivity contribution in [3.8, 4) is 0 Å². The maximum Gasteiger partial charge on any atom is 0.174 e. The van der Waals surface area contributed by atoms with Crippen molar-refractivity contribution in [3.63, 3.8) is 0 Å². The molecule has 7 heteroatoms. The van der Waals surface area contributed by atoms with E-state index in [1.54, 1.807) is 23.9 Å². The van der Waals surface area contributed by atoms with Gasteiger partial charge in [-0.25, -0.2) is 13.8 Å². The Morgan fingerprint density at radius 1 is 0.917 bits per heavy atom. The minimum Gasteiger partial charge on any atom is -0.308 e. The monoisotopic (exact) mass is 517 g/mol. The van der Waals surface area contributed by atoms with Gasteiger partial charge < -0.3 is 4.90 Å². The lowest BCUT2D eigenvalue weighted by atomic mass is 9.88. The summed E-state index contributed by atoms with van der Waals surface area (Å²) in [5.74, 6) is -0.523. The van der Waals surface area contributed by atoms with Crippen LogP contribution in [0.4, 0.5) is 8.78 Å². The number of amidine groups is 1. The van der Waals surface area contributed by atoms with E-state index in [1.165, 1.54) is 24.3 Å².